The van der Waals surface area contributed by atoms with Crippen molar-refractivity contribution >= 4 is 19.7 Å². The molecule has 27 heavy (non-hydrogen) atoms. The smallest absolute Gasteiger partial charge is 0.361 e. The van der Waals surface area contributed by atoms with E-state index in [1.807, 2.05) is 19.2 Å². The van der Waals surface area contributed by atoms with Crippen LogP contribution in [0.2, 0.25) is 19.6 Å². The predicted molar refractivity (Wildman–Crippen MR) is 113 cm³/mol. The van der Waals surface area contributed by atoms with Gasteiger partial charge >= 0.3 is 5.72 Å². The summed E-state index contributed by atoms with van der Waals surface area (Å²) in [6.07, 6.45) is 1.61. The number of hydrogen-bond acceptors (Lipinski definition) is 3. The molecule has 0 saturated carbocycles. The molecule has 2 aromatic rings. The van der Waals surface area contributed by atoms with Crippen LogP contribution in [0, 0.1) is 6.57 Å². The van der Waals surface area contributed by atoms with Gasteiger partial charge in [-0.25, -0.2) is 6.57 Å². The Balaban J connectivity index is 1.95. The topological polar surface area (TPSA) is 26.1 Å². The van der Waals surface area contributed by atoms with Gasteiger partial charge in [0.25, 0.3) is 0 Å². The van der Waals surface area contributed by atoms with Gasteiger partial charge in [-0.1, -0.05) is 19.1 Å². The predicted octanol–water partition coefficient (Wildman–Crippen LogP) is 5.72. The normalized spacial score (nSPS) is 19.0. The highest BCUT2D eigenvalue weighted by atomic mass is 28.4. The van der Waals surface area contributed by atoms with Crippen LogP contribution in [-0.2, 0) is 16.6 Å². The lowest BCUT2D eigenvalue weighted by Gasteiger charge is -2.34. The minimum absolute atomic E-state index is 0.498. The van der Waals surface area contributed by atoms with Crippen molar-refractivity contribution in [3.63, 3.8) is 0 Å². The molecule has 0 bridgehead atoms. The van der Waals surface area contributed by atoms with Crippen molar-refractivity contribution in [1.82, 2.24) is 0 Å². The fourth-order valence-electron chi connectivity index (χ4n) is 3.45. The Hall–Kier alpha value is -2.29. The molecule has 1 aliphatic rings. The Morgan fingerprint density at radius 2 is 1.81 bits per heavy atom. The van der Waals surface area contributed by atoms with Gasteiger partial charge in [0.15, 0.2) is 8.32 Å². The number of hydrogen-bond donors (Lipinski definition) is 0. The van der Waals surface area contributed by atoms with Gasteiger partial charge in [0.05, 0.1) is 13.0 Å². The molecule has 0 N–H and O–H groups in total. The van der Waals surface area contributed by atoms with Crippen molar-refractivity contribution in [2.24, 2.45) is 0 Å². The third-order valence-electron chi connectivity index (χ3n) is 4.86. The molecule has 0 aliphatic carbocycles. The molecule has 0 aromatic heterocycles. The van der Waals surface area contributed by atoms with Crippen LogP contribution < -0.4 is 9.64 Å². The van der Waals surface area contributed by atoms with E-state index in [2.05, 4.69) is 66.6 Å². The van der Waals surface area contributed by atoms with Gasteiger partial charge in [-0.05, 0) is 55.9 Å². The number of anilines is 2. The molecule has 0 spiro atoms. The van der Waals surface area contributed by atoms with E-state index in [4.69, 9.17) is 15.7 Å². The highest BCUT2D eigenvalue weighted by Gasteiger charge is 2.48. The summed E-state index contributed by atoms with van der Waals surface area (Å²) in [5, 5.41) is 0. The maximum absolute atomic E-state index is 7.82. The number of nitrogens with zero attached hydrogens (tertiary/aromatic N) is 2. The van der Waals surface area contributed by atoms with Gasteiger partial charge in [0, 0.05) is 24.5 Å². The minimum atomic E-state index is -1.88. The third-order valence-corrected chi connectivity index (χ3v) is 5.81. The highest BCUT2D eigenvalue weighted by Crippen LogP contribution is 2.44. The summed E-state index contributed by atoms with van der Waals surface area (Å²) in [5.74, 6) is 0.755. The van der Waals surface area contributed by atoms with Gasteiger partial charge in [-0.15, -0.1) is 0 Å². The number of aryl methyl sites for hydroxylation is 1. The fraction of sp³-hybridized carbons (Fsp3) is 0.409. The van der Waals surface area contributed by atoms with Crippen LogP contribution >= 0.6 is 0 Å². The van der Waals surface area contributed by atoms with E-state index in [1.165, 1.54) is 5.56 Å². The zero-order chi connectivity index (χ0) is 19.7. The second-order valence-electron chi connectivity index (χ2n) is 7.97. The van der Waals surface area contributed by atoms with Crippen LogP contribution in [0.1, 0.15) is 24.5 Å². The number of benzene rings is 2. The molecule has 5 heteroatoms. The average Bonchev–Trinajstić information content (AvgIpc) is 2.66. The first kappa shape index (κ1) is 19.5. The summed E-state index contributed by atoms with van der Waals surface area (Å²) >= 11 is 0. The van der Waals surface area contributed by atoms with E-state index >= 15 is 0 Å². The van der Waals surface area contributed by atoms with Gasteiger partial charge in [0.2, 0.25) is 0 Å². The van der Waals surface area contributed by atoms with Crippen molar-refractivity contribution in [3.8, 4) is 5.75 Å². The maximum atomic E-state index is 7.82. The van der Waals surface area contributed by atoms with Gasteiger partial charge in [-0.3, -0.25) is 4.85 Å². The third kappa shape index (κ3) is 4.02. The zero-order valence-corrected chi connectivity index (χ0v) is 17.9. The van der Waals surface area contributed by atoms with Crippen molar-refractivity contribution in [3.05, 3.63) is 65.0 Å². The van der Waals surface area contributed by atoms with Crippen LogP contribution in [0.5, 0.6) is 5.75 Å². The van der Waals surface area contributed by atoms with Crippen LogP contribution in [-0.4, -0.2) is 22.0 Å². The molecule has 1 heterocycles. The second-order valence-corrected chi connectivity index (χ2v) is 12.4. The largest absolute Gasteiger partial charge is 0.492 e. The monoisotopic (exact) mass is 380 g/mol. The molecule has 0 radical (unpaired) electrons. The summed E-state index contributed by atoms with van der Waals surface area (Å²) in [6, 6.07) is 14.7. The Morgan fingerprint density at radius 1 is 1.15 bits per heavy atom. The highest BCUT2D eigenvalue weighted by molar-refractivity contribution is 6.69. The first-order valence-corrected chi connectivity index (χ1v) is 12.9. The first-order valence-electron chi connectivity index (χ1n) is 9.47. The lowest BCUT2D eigenvalue weighted by atomic mass is 9.96. The Kier molecular flexibility index (Phi) is 5.32. The molecule has 4 nitrogen and oxygen atoms in total. The Labute approximate surface area is 163 Å². The lowest BCUT2D eigenvalue weighted by Crippen LogP contribution is -2.41. The van der Waals surface area contributed by atoms with Crippen molar-refractivity contribution in [2.75, 3.05) is 18.6 Å². The summed E-state index contributed by atoms with van der Waals surface area (Å²) in [7, 11) is 0.165. The fourth-order valence-corrected chi connectivity index (χ4v) is 4.72. The van der Waals surface area contributed by atoms with Crippen molar-refractivity contribution in [1.29, 1.82) is 0 Å². The maximum Gasteiger partial charge on any atom is 0.361 e. The van der Waals surface area contributed by atoms with Crippen LogP contribution in [0.15, 0.2) is 42.5 Å². The van der Waals surface area contributed by atoms with Crippen LogP contribution in [0.25, 0.3) is 4.85 Å². The van der Waals surface area contributed by atoms with Crippen molar-refractivity contribution in [2.45, 2.75) is 45.1 Å². The molecule has 2 aromatic carbocycles. The molecule has 0 amide bonds. The van der Waals surface area contributed by atoms with Crippen LogP contribution in [0.4, 0.5) is 11.4 Å². The molecule has 1 aliphatic heterocycles. The molecule has 1 atom stereocenters. The van der Waals surface area contributed by atoms with Crippen molar-refractivity contribution < 1.29 is 9.16 Å². The summed E-state index contributed by atoms with van der Waals surface area (Å²) in [6.45, 7) is 16.8. The van der Waals surface area contributed by atoms with Gasteiger partial charge in [-0.2, -0.15) is 0 Å². The van der Waals surface area contributed by atoms with E-state index in [9.17, 15) is 0 Å². The van der Waals surface area contributed by atoms with E-state index in [0.29, 0.717) is 13.0 Å². The van der Waals surface area contributed by atoms with Gasteiger partial charge < -0.3 is 14.1 Å². The SMILES string of the molecule is [C-]#[N+]C1(O[Si](C)(C)C)CCOc2cc(N(C)c3ccc(CC)cc3)ccc21. The summed E-state index contributed by atoms with van der Waals surface area (Å²) in [5.41, 5.74) is 3.42. The zero-order valence-electron chi connectivity index (χ0n) is 16.9. The van der Waals surface area contributed by atoms with E-state index in [1.54, 1.807) is 0 Å². The number of ether oxygens (including phenoxy) is 1. The minimum Gasteiger partial charge on any atom is -0.492 e. The summed E-state index contributed by atoms with van der Waals surface area (Å²) < 4.78 is 12.3. The number of rotatable bonds is 5. The molecule has 0 saturated heterocycles. The first-order chi connectivity index (χ1) is 12.8. The van der Waals surface area contributed by atoms with E-state index < -0.39 is 14.0 Å². The molecule has 0 fully saturated rings. The molecular weight excluding hydrogens is 352 g/mol. The molecular formula is C22H28N2O2Si. The van der Waals surface area contributed by atoms with Gasteiger partial charge in [0.1, 0.15) is 11.3 Å². The number of fused-ring (bicyclic) bond motifs is 1. The Bertz CT molecular complexity index is 852. The summed E-state index contributed by atoms with van der Waals surface area (Å²) in [4.78, 5) is 6.06. The Morgan fingerprint density at radius 3 is 2.41 bits per heavy atom. The molecule has 3 rings (SSSR count). The molecule has 1 unspecified atom stereocenters. The average molecular weight is 381 g/mol. The standard InChI is InChI=1S/C22H28N2O2Si/c1-7-17-8-10-18(11-9-17)24(3)19-12-13-20-21(16-19)25-15-14-22(20,23-2)26-27(4,5)6/h8-13,16H,7,14-15H2,1,3-6H3. The lowest BCUT2D eigenvalue weighted by molar-refractivity contribution is 0.0571. The van der Waals surface area contributed by atoms with Crippen LogP contribution in [0.3, 0.4) is 0 Å². The molecule has 142 valence electrons. The quantitative estimate of drug-likeness (QED) is 0.490. The van der Waals surface area contributed by atoms with E-state index in [-0.39, 0.29) is 0 Å². The van der Waals surface area contributed by atoms with E-state index in [0.717, 1.165) is 29.1 Å². The second kappa shape index (κ2) is 7.38.